The summed E-state index contributed by atoms with van der Waals surface area (Å²) in [6, 6.07) is 12.7. The Balaban J connectivity index is 2.20. The molecule has 0 saturated carbocycles. The first-order chi connectivity index (χ1) is 9.60. The van der Waals surface area contributed by atoms with Crippen LogP contribution < -0.4 is 5.73 Å². The number of carbonyl (C=O) groups is 1. The molecule has 0 aliphatic carbocycles. The van der Waals surface area contributed by atoms with Gasteiger partial charge in [-0.15, -0.1) is 0 Å². The van der Waals surface area contributed by atoms with Crippen molar-refractivity contribution in [2.24, 2.45) is 0 Å². The first-order valence-electron chi connectivity index (χ1n) is 6.16. The average Bonchev–Trinajstić information content (AvgIpc) is 2.48. The largest absolute Gasteiger partial charge is 0.465 e. The monoisotopic (exact) mass is 265 g/mol. The van der Waals surface area contributed by atoms with Crippen LogP contribution in [0.15, 0.2) is 42.5 Å². The molecule has 0 fully saturated rings. The topological polar surface area (TPSA) is 52.3 Å². The van der Waals surface area contributed by atoms with Crippen LogP contribution in [0, 0.1) is 18.8 Å². The summed E-state index contributed by atoms with van der Waals surface area (Å²) in [6.45, 7) is 1.95. The predicted octanol–water partition coefficient (Wildman–Crippen LogP) is 2.76. The van der Waals surface area contributed by atoms with E-state index in [1.54, 1.807) is 24.3 Å². The number of rotatable bonds is 1. The van der Waals surface area contributed by atoms with E-state index in [1.165, 1.54) is 7.11 Å². The first kappa shape index (κ1) is 13.7. The van der Waals surface area contributed by atoms with Gasteiger partial charge in [0.25, 0.3) is 0 Å². The van der Waals surface area contributed by atoms with E-state index < -0.39 is 0 Å². The zero-order valence-corrected chi connectivity index (χ0v) is 11.4. The van der Waals surface area contributed by atoms with E-state index in [0.29, 0.717) is 5.56 Å². The van der Waals surface area contributed by atoms with Crippen molar-refractivity contribution >= 4 is 11.7 Å². The number of methoxy groups -OCH3 is 1. The minimum absolute atomic E-state index is 0.348. The fourth-order valence-corrected chi connectivity index (χ4v) is 1.71. The highest BCUT2D eigenvalue weighted by molar-refractivity contribution is 5.89. The number of carbonyl (C=O) groups excluding carboxylic acids is 1. The molecule has 100 valence electrons. The maximum atomic E-state index is 11.3. The van der Waals surface area contributed by atoms with Gasteiger partial charge in [-0.1, -0.05) is 11.8 Å². The number of hydrogen-bond donors (Lipinski definition) is 1. The Hall–Kier alpha value is -2.73. The Bertz CT molecular complexity index is 691. The fraction of sp³-hybridized carbons (Fsp3) is 0.118. The summed E-state index contributed by atoms with van der Waals surface area (Å²) in [5, 5.41) is 0. The average molecular weight is 265 g/mol. The number of benzene rings is 2. The van der Waals surface area contributed by atoms with Crippen LogP contribution >= 0.6 is 0 Å². The number of nitrogens with two attached hydrogens (primary N) is 1. The van der Waals surface area contributed by atoms with Gasteiger partial charge >= 0.3 is 5.97 Å². The second-order valence-corrected chi connectivity index (χ2v) is 4.39. The molecule has 0 aromatic heterocycles. The van der Waals surface area contributed by atoms with Gasteiger partial charge in [-0.25, -0.2) is 4.79 Å². The molecule has 0 atom stereocenters. The molecule has 0 amide bonds. The predicted molar refractivity (Wildman–Crippen MR) is 79.4 cm³/mol. The molecule has 2 aromatic carbocycles. The maximum absolute atomic E-state index is 11.3. The van der Waals surface area contributed by atoms with Gasteiger partial charge in [-0.3, -0.25) is 0 Å². The van der Waals surface area contributed by atoms with Gasteiger partial charge in [0, 0.05) is 16.8 Å². The van der Waals surface area contributed by atoms with Crippen molar-refractivity contribution < 1.29 is 9.53 Å². The second kappa shape index (κ2) is 5.94. The SMILES string of the molecule is COC(=O)c1ccc(C#Cc2ccc(N)c(C)c2)cc1. The molecule has 2 aromatic rings. The third-order valence-electron chi connectivity index (χ3n) is 2.93. The van der Waals surface area contributed by atoms with E-state index in [4.69, 9.17) is 5.73 Å². The van der Waals surface area contributed by atoms with Crippen molar-refractivity contribution in [1.82, 2.24) is 0 Å². The number of nitrogen functional groups attached to an aromatic ring is 1. The van der Waals surface area contributed by atoms with Crippen molar-refractivity contribution in [3.8, 4) is 11.8 Å². The van der Waals surface area contributed by atoms with Crippen LogP contribution in [-0.2, 0) is 4.74 Å². The minimum Gasteiger partial charge on any atom is -0.465 e. The van der Waals surface area contributed by atoms with Crippen LogP contribution in [0.2, 0.25) is 0 Å². The molecule has 20 heavy (non-hydrogen) atoms. The summed E-state index contributed by atoms with van der Waals surface area (Å²) >= 11 is 0. The van der Waals surface area contributed by atoms with Gasteiger partial charge in [0.05, 0.1) is 12.7 Å². The van der Waals surface area contributed by atoms with Crippen molar-refractivity contribution in [2.75, 3.05) is 12.8 Å². The molecule has 0 unspecified atom stereocenters. The van der Waals surface area contributed by atoms with E-state index in [2.05, 4.69) is 16.6 Å². The quantitative estimate of drug-likeness (QED) is 0.490. The maximum Gasteiger partial charge on any atom is 0.337 e. The molecule has 0 spiro atoms. The van der Waals surface area contributed by atoms with E-state index in [9.17, 15) is 4.79 Å². The van der Waals surface area contributed by atoms with E-state index >= 15 is 0 Å². The van der Waals surface area contributed by atoms with E-state index in [1.807, 2.05) is 25.1 Å². The standard InChI is InChI=1S/C17H15NO2/c1-12-11-14(7-10-16(12)18)4-3-13-5-8-15(9-6-13)17(19)20-2/h5-11H,18H2,1-2H3. The lowest BCUT2D eigenvalue weighted by molar-refractivity contribution is 0.0601. The second-order valence-electron chi connectivity index (χ2n) is 4.39. The van der Waals surface area contributed by atoms with Gasteiger partial charge in [0.1, 0.15) is 0 Å². The van der Waals surface area contributed by atoms with Crippen molar-refractivity contribution in [3.63, 3.8) is 0 Å². The highest BCUT2D eigenvalue weighted by Crippen LogP contribution is 2.12. The summed E-state index contributed by atoms with van der Waals surface area (Å²) in [7, 11) is 1.36. The van der Waals surface area contributed by atoms with E-state index in [0.717, 1.165) is 22.4 Å². The number of anilines is 1. The molecule has 0 radical (unpaired) electrons. The van der Waals surface area contributed by atoms with Gasteiger partial charge < -0.3 is 10.5 Å². The lowest BCUT2D eigenvalue weighted by Crippen LogP contribution is -2.00. The molecule has 0 aliphatic rings. The molecule has 0 saturated heterocycles. The van der Waals surface area contributed by atoms with Crippen molar-refractivity contribution in [1.29, 1.82) is 0 Å². The third kappa shape index (κ3) is 3.18. The van der Waals surface area contributed by atoms with Crippen molar-refractivity contribution in [3.05, 3.63) is 64.7 Å². The van der Waals surface area contributed by atoms with Gasteiger partial charge in [-0.05, 0) is 55.0 Å². The lowest BCUT2D eigenvalue weighted by atomic mass is 10.1. The summed E-state index contributed by atoms with van der Waals surface area (Å²) in [6.07, 6.45) is 0. The zero-order valence-electron chi connectivity index (χ0n) is 11.4. The molecular formula is C17H15NO2. The lowest BCUT2D eigenvalue weighted by Gasteiger charge is -1.99. The summed E-state index contributed by atoms with van der Waals surface area (Å²) in [5.74, 6) is 5.77. The highest BCUT2D eigenvalue weighted by atomic mass is 16.5. The Morgan fingerprint density at radius 3 is 2.25 bits per heavy atom. The normalized spacial score (nSPS) is 9.50. The molecule has 2 N–H and O–H groups in total. The Morgan fingerprint density at radius 2 is 1.65 bits per heavy atom. The smallest absolute Gasteiger partial charge is 0.337 e. The highest BCUT2D eigenvalue weighted by Gasteiger charge is 2.03. The molecule has 0 heterocycles. The first-order valence-corrected chi connectivity index (χ1v) is 6.16. The molecular weight excluding hydrogens is 250 g/mol. The van der Waals surface area contributed by atoms with Crippen molar-refractivity contribution in [2.45, 2.75) is 6.92 Å². The summed E-state index contributed by atoms with van der Waals surface area (Å²) in [4.78, 5) is 11.3. The van der Waals surface area contributed by atoms with Crippen LogP contribution in [0.4, 0.5) is 5.69 Å². The van der Waals surface area contributed by atoms with Crippen LogP contribution in [0.1, 0.15) is 27.0 Å². The van der Waals surface area contributed by atoms with Crippen LogP contribution in [0.25, 0.3) is 0 Å². The summed E-state index contributed by atoms with van der Waals surface area (Å²) < 4.78 is 4.64. The molecule has 3 nitrogen and oxygen atoms in total. The van der Waals surface area contributed by atoms with Gasteiger partial charge in [0.2, 0.25) is 0 Å². The van der Waals surface area contributed by atoms with Crippen LogP contribution in [0.3, 0.4) is 0 Å². The van der Waals surface area contributed by atoms with Crippen LogP contribution in [-0.4, -0.2) is 13.1 Å². The Kier molecular flexibility index (Phi) is 4.07. The molecule has 3 heteroatoms. The Morgan fingerprint density at radius 1 is 1.05 bits per heavy atom. The number of hydrogen-bond acceptors (Lipinski definition) is 3. The number of aryl methyl sites for hydroxylation is 1. The third-order valence-corrected chi connectivity index (χ3v) is 2.93. The fourth-order valence-electron chi connectivity index (χ4n) is 1.71. The number of esters is 1. The van der Waals surface area contributed by atoms with Gasteiger partial charge in [0.15, 0.2) is 0 Å². The molecule has 2 rings (SSSR count). The van der Waals surface area contributed by atoms with E-state index in [-0.39, 0.29) is 5.97 Å². The molecule has 0 bridgehead atoms. The van der Waals surface area contributed by atoms with Gasteiger partial charge in [-0.2, -0.15) is 0 Å². The molecule has 0 aliphatic heterocycles. The zero-order chi connectivity index (χ0) is 14.5. The van der Waals surface area contributed by atoms with Crippen LogP contribution in [0.5, 0.6) is 0 Å². The summed E-state index contributed by atoms with van der Waals surface area (Å²) in [5.41, 5.74) is 9.80. The number of ether oxygens (including phenoxy) is 1. The minimum atomic E-state index is -0.348. The Labute approximate surface area is 118 Å².